The van der Waals surface area contributed by atoms with E-state index in [1.54, 1.807) is 12.1 Å². The van der Waals surface area contributed by atoms with Gasteiger partial charge in [0.2, 0.25) is 0 Å². The van der Waals surface area contributed by atoms with Gasteiger partial charge in [0.05, 0.1) is 6.61 Å². The van der Waals surface area contributed by atoms with Crippen LogP contribution in [0.15, 0.2) is 60.7 Å². The van der Waals surface area contributed by atoms with E-state index in [0.29, 0.717) is 17.1 Å². The molecule has 4 N–H and O–H groups in total. The summed E-state index contributed by atoms with van der Waals surface area (Å²) in [7, 11) is 0. The highest BCUT2D eigenvalue weighted by molar-refractivity contribution is 6.03. The van der Waals surface area contributed by atoms with Crippen molar-refractivity contribution in [2.75, 3.05) is 10.6 Å². The number of amides is 1. The minimum absolute atomic E-state index is 0.118. The van der Waals surface area contributed by atoms with Crippen molar-refractivity contribution in [1.29, 1.82) is 0 Å². The van der Waals surface area contributed by atoms with E-state index in [4.69, 9.17) is 5.11 Å². The third kappa shape index (κ3) is 3.83. The average Bonchev–Trinajstić information content (AvgIpc) is 3.08. The van der Waals surface area contributed by atoms with E-state index < -0.39 is 0 Å². The summed E-state index contributed by atoms with van der Waals surface area (Å²) < 4.78 is 0. The molecule has 5 nitrogen and oxygen atoms in total. The van der Waals surface area contributed by atoms with Gasteiger partial charge in [-0.1, -0.05) is 17.7 Å². The van der Waals surface area contributed by atoms with Crippen molar-refractivity contribution in [3.63, 3.8) is 0 Å². The lowest BCUT2D eigenvalue weighted by Crippen LogP contribution is -2.12. The quantitative estimate of drug-likeness (QED) is 0.577. The highest BCUT2D eigenvalue weighted by Gasteiger charge is 2.08. The molecule has 0 spiro atoms. The predicted octanol–water partition coefficient (Wildman–Crippen LogP) is 3.81. The van der Waals surface area contributed by atoms with E-state index in [9.17, 15) is 4.79 Å². The van der Waals surface area contributed by atoms with Gasteiger partial charge in [-0.05, 0) is 55.5 Å². The van der Waals surface area contributed by atoms with Gasteiger partial charge in [-0.2, -0.15) is 0 Å². The third-order valence-electron chi connectivity index (χ3n) is 3.64. The molecule has 0 aliphatic heterocycles. The zero-order valence-corrected chi connectivity index (χ0v) is 13.3. The van der Waals surface area contributed by atoms with Crippen LogP contribution in [0.3, 0.4) is 0 Å². The van der Waals surface area contributed by atoms with Gasteiger partial charge < -0.3 is 20.7 Å². The van der Waals surface area contributed by atoms with E-state index in [-0.39, 0.29) is 12.5 Å². The van der Waals surface area contributed by atoms with Crippen LogP contribution in [-0.2, 0) is 6.61 Å². The maximum atomic E-state index is 12.1. The summed E-state index contributed by atoms with van der Waals surface area (Å²) in [5.74, 6) is -0.242. The van der Waals surface area contributed by atoms with Gasteiger partial charge in [-0.25, -0.2) is 0 Å². The van der Waals surface area contributed by atoms with Crippen molar-refractivity contribution in [2.45, 2.75) is 13.5 Å². The lowest BCUT2D eigenvalue weighted by molar-refractivity contribution is 0.102. The monoisotopic (exact) mass is 321 g/mol. The first kappa shape index (κ1) is 15.8. The first-order valence-corrected chi connectivity index (χ1v) is 7.68. The van der Waals surface area contributed by atoms with E-state index >= 15 is 0 Å². The first-order valence-electron chi connectivity index (χ1n) is 7.68. The molecule has 0 radical (unpaired) electrons. The normalized spacial score (nSPS) is 10.4. The van der Waals surface area contributed by atoms with Crippen molar-refractivity contribution in [3.8, 4) is 0 Å². The molecule has 24 heavy (non-hydrogen) atoms. The van der Waals surface area contributed by atoms with Crippen LogP contribution in [0.1, 0.15) is 21.7 Å². The number of aliphatic hydroxyl groups is 1. The Bertz CT molecular complexity index is 821. The molecule has 0 fully saturated rings. The lowest BCUT2D eigenvalue weighted by Gasteiger charge is -2.08. The molecule has 0 saturated heterocycles. The predicted molar refractivity (Wildman–Crippen MR) is 95.6 cm³/mol. The number of aliphatic hydroxyl groups excluding tert-OH is 1. The number of benzene rings is 2. The van der Waals surface area contributed by atoms with Crippen molar-refractivity contribution in [2.24, 2.45) is 0 Å². The Kier molecular flexibility index (Phi) is 4.63. The summed E-state index contributed by atoms with van der Waals surface area (Å²) in [4.78, 5) is 15.0. The van der Waals surface area contributed by atoms with Gasteiger partial charge in [0, 0.05) is 22.8 Å². The fraction of sp³-hybridized carbons (Fsp3) is 0.105. The van der Waals surface area contributed by atoms with Gasteiger partial charge in [0.15, 0.2) is 0 Å². The van der Waals surface area contributed by atoms with Crippen molar-refractivity contribution in [1.82, 2.24) is 4.98 Å². The topological polar surface area (TPSA) is 77.2 Å². The van der Waals surface area contributed by atoms with E-state index in [2.05, 4.69) is 22.5 Å². The Morgan fingerprint density at radius 1 is 0.917 bits per heavy atom. The van der Waals surface area contributed by atoms with Gasteiger partial charge in [-0.15, -0.1) is 0 Å². The number of hydrogen-bond acceptors (Lipinski definition) is 3. The molecule has 0 saturated carbocycles. The number of aromatic nitrogens is 1. The fourth-order valence-corrected chi connectivity index (χ4v) is 2.30. The molecule has 0 atom stereocenters. The maximum Gasteiger partial charge on any atom is 0.272 e. The van der Waals surface area contributed by atoms with Crippen LogP contribution in [0, 0.1) is 6.92 Å². The average molecular weight is 321 g/mol. The van der Waals surface area contributed by atoms with Crippen LogP contribution in [0.4, 0.5) is 17.1 Å². The SMILES string of the molecule is Cc1ccc(Nc2ccc(NC(=O)c3ccc(CO)[nH]3)cc2)cc1. The molecule has 0 bridgehead atoms. The first-order chi connectivity index (χ1) is 11.6. The number of hydrogen-bond donors (Lipinski definition) is 4. The number of carbonyl (C=O) groups excluding carboxylic acids is 1. The number of nitrogens with one attached hydrogen (secondary N) is 3. The number of H-pyrrole nitrogens is 1. The number of anilines is 3. The van der Waals surface area contributed by atoms with E-state index in [1.165, 1.54) is 5.56 Å². The van der Waals surface area contributed by atoms with Crippen LogP contribution >= 0.6 is 0 Å². The summed E-state index contributed by atoms with van der Waals surface area (Å²) in [6.45, 7) is 1.93. The Morgan fingerprint density at radius 3 is 2.08 bits per heavy atom. The van der Waals surface area contributed by atoms with E-state index in [1.807, 2.05) is 48.5 Å². The van der Waals surface area contributed by atoms with Gasteiger partial charge >= 0.3 is 0 Å². The molecule has 1 heterocycles. The minimum atomic E-state index is -0.242. The molecule has 1 amide bonds. The van der Waals surface area contributed by atoms with Gasteiger partial charge in [-0.3, -0.25) is 4.79 Å². The smallest absolute Gasteiger partial charge is 0.272 e. The lowest BCUT2D eigenvalue weighted by atomic mass is 10.2. The highest BCUT2D eigenvalue weighted by atomic mass is 16.3. The van der Waals surface area contributed by atoms with E-state index in [0.717, 1.165) is 11.4 Å². The zero-order chi connectivity index (χ0) is 16.9. The second-order valence-electron chi connectivity index (χ2n) is 5.58. The Hall–Kier alpha value is -3.05. The molecule has 122 valence electrons. The summed E-state index contributed by atoms with van der Waals surface area (Å²) >= 11 is 0. The minimum Gasteiger partial charge on any atom is -0.390 e. The molecule has 0 aliphatic rings. The van der Waals surface area contributed by atoms with Crippen molar-refractivity contribution >= 4 is 23.0 Å². The van der Waals surface area contributed by atoms with Crippen LogP contribution in [0.5, 0.6) is 0 Å². The second-order valence-corrected chi connectivity index (χ2v) is 5.58. The summed E-state index contributed by atoms with van der Waals surface area (Å²) in [6.07, 6.45) is 0. The summed E-state index contributed by atoms with van der Waals surface area (Å²) in [6, 6.07) is 19.0. The van der Waals surface area contributed by atoms with Gasteiger partial charge in [0.25, 0.3) is 5.91 Å². The number of rotatable bonds is 5. The Morgan fingerprint density at radius 2 is 1.50 bits per heavy atom. The van der Waals surface area contributed by atoms with Crippen LogP contribution in [0.2, 0.25) is 0 Å². The summed E-state index contributed by atoms with van der Waals surface area (Å²) in [5, 5.41) is 15.1. The Labute approximate surface area is 140 Å². The maximum absolute atomic E-state index is 12.1. The van der Waals surface area contributed by atoms with Crippen LogP contribution < -0.4 is 10.6 Å². The molecule has 3 aromatic rings. The molecular formula is C19H19N3O2. The highest BCUT2D eigenvalue weighted by Crippen LogP contribution is 2.19. The fourth-order valence-electron chi connectivity index (χ4n) is 2.30. The number of aryl methyl sites for hydroxylation is 1. The van der Waals surface area contributed by atoms with Crippen molar-refractivity contribution in [3.05, 3.63) is 77.6 Å². The molecule has 5 heteroatoms. The molecule has 3 rings (SSSR count). The van der Waals surface area contributed by atoms with Gasteiger partial charge in [0.1, 0.15) is 5.69 Å². The number of carbonyl (C=O) groups is 1. The van der Waals surface area contributed by atoms with Crippen LogP contribution in [-0.4, -0.2) is 16.0 Å². The molecule has 0 unspecified atom stereocenters. The molecule has 1 aromatic heterocycles. The second kappa shape index (κ2) is 7.02. The molecular weight excluding hydrogens is 302 g/mol. The molecule has 2 aromatic carbocycles. The molecule has 0 aliphatic carbocycles. The Balaban J connectivity index is 1.63. The van der Waals surface area contributed by atoms with Crippen molar-refractivity contribution < 1.29 is 9.90 Å². The standard InChI is InChI=1S/C19H19N3O2/c1-13-2-4-14(5-3-13)20-15-6-8-16(9-7-15)22-19(24)18-11-10-17(12-23)21-18/h2-11,20-21,23H,12H2,1H3,(H,22,24). The largest absolute Gasteiger partial charge is 0.390 e. The summed E-state index contributed by atoms with van der Waals surface area (Å²) in [5.41, 5.74) is 4.90. The van der Waals surface area contributed by atoms with Crippen LogP contribution in [0.25, 0.3) is 0 Å². The zero-order valence-electron chi connectivity index (χ0n) is 13.3. The number of aromatic amines is 1. The third-order valence-corrected chi connectivity index (χ3v) is 3.64.